The van der Waals surface area contributed by atoms with Crippen molar-refractivity contribution >= 4 is 17.7 Å². The number of hydrogen-bond acceptors (Lipinski definition) is 7. The van der Waals surface area contributed by atoms with E-state index in [1.807, 2.05) is 0 Å². The first-order valence-electron chi connectivity index (χ1n) is 7.87. The van der Waals surface area contributed by atoms with Crippen LogP contribution in [-0.2, 0) is 9.47 Å². The van der Waals surface area contributed by atoms with Gasteiger partial charge < -0.3 is 18.9 Å². The van der Waals surface area contributed by atoms with Gasteiger partial charge in [0.25, 0.3) is 0 Å². The summed E-state index contributed by atoms with van der Waals surface area (Å²) in [5.74, 6) is -0.449. The summed E-state index contributed by atoms with van der Waals surface area (Å²) in [4.78, 5) is 35.6. The number of carbonyl (C=O) groups excluding carboxylic acids is 3. The molecule has 0 aliphatic carbocycles. The van der Waals surface area contributed by atoms with E-state index < -0.39 is 18.5 Å². The summed E-state index contributed by atoms with van der Waals surface area (Å²) in [5, 5.41) is 0. The van der Waals surface area contributed by atoms with Crippen LogP contribution in [0.15, 0.2) is 42.5 Å². The zero-order chi connectivity index (χ0) is 18.5. The van der Waals surface area contributed by atoms with Crippen molar-refractivity contribution < 1.29 is 33.3 Å². The first kappa shape index (κ1) is 17.5. The maximum Gasteiger partial charge on any atom is 0.338 e. The Morgan fingerprint density at radius 3 is 2.08 bits per heavy atom. The van der Waals surface area contributed by atoms with Gasteiger partial charge in [-0.15, -0.1) is 0 Å². The molecule has 7 heteroatoms. The number of ketones is 1. The number of benzene rings is 2. The highest BCUT2D eigenvalue weighted by Crippen LogP contribution is 2.30. The van der Waals surface area contributed by atoms with Crippen LogP contribution < -0.4 is 9.47 Å². The fraction of sp³-hybridized carbons (Fsp3) is 0.211. The number of Topliss-reactive ketones (excluding diaryl/α,β-unsaturated/α-hetero) is 1. The van der Waals surface area contributed by atoms with Gasteiger partial charge in [0.15, 0.2) is 23.9 Å². The largest absolute Gasteiger partial charge is 0.486 e. The van der Waals surface area contributed by atoms with Gasteiger partial charge in [-0.05, 0) is 42.5 Å². The van der Waals surface area contributed by atoms with Crippen LogP contribution in [0, 0.1) is 0 Å². The van der Waals surface area contributed by atoms with E-state index in [0.29, 0.717) is 35.8 Å². The molecule has 0 atom stereocenters. The highest BCUT2D eigenvalue weighted by molar-refractivity contribution is 6.00. The third-order valence-electron chi connectivity index (χ3n) is 3.74. The predicted octanol–water partition coefficient (Wildman–Crippen LogP) is 2.28. The molecular weight excluding hydrogens is 340 g/mol. The van der Waals surface area contributed by atoms with Crippen LogP contribution in [0.3, 0.4) is 0 Å². The van der Waals surface area contributed by atoms with Gasteiger partial charge in [-0.3, -0.25) is 4.79 Å². The Bertz CT molecular complexity index is 839. The number of esters is 2. The number of ether oxygens (including phenoxy) is 4. The Hall–Kier alpha value is -3.35. The van der Waals surface area contributed by atoms with Gasteiger partial charge in [-0.2, -0.15) is 0 Å². The average molecular weight is 356 g/mol. The van der Waals surface area contributed by atoms with Crippen LogP contribution in [0.5, 0.6) is 11.5 Å². The van der Waals surface area contributed by atoms with Crippen molar-refractivity contribution in [2.75, 3.05) is 26.9 Å². The molecule has 0 N–H and O–H groups in total. The Morgan fingerprint density at radius 1 is 0.846 bits per heavy atom. The molecule has 1 aliphatic heterocycles. The lowest BCUT2D eigenvalue weighted by atomic mass is 10.1. The van der Waals surface area contributed by atoms with Crippen LogP contribution in [-0.4, -0.2) is 44.7 Å². The standard InChI is InChI=1S/C19H16O7/c1-23-18(21)12-2-4-13(5-3-12)19(22)26-11-15(20)14-6-7-16-17(10-14)25-9-8-24-16/h2-7,10H,8-9,11H2,1H3. The second-order valence-electron chi connectivity index (χ2n) is 5.43. The maximum atomic E-state index is 12.2. The zero-order valence-electron chi connectivity index (χ0n) is 14.0. The molecule has 134 valence electrons. The summed E-state index contributed by atoms with van der Waals surface area (Å²) in [6.45, 7) is 0.477. The molecule has 2 aromatic carbocycles. The molecule has 2 aromatic rings. The van der Waals surface area contributed by atoms with Crippen molar-refractivity contribution in [2.24, 2.45) is 0 Å². The summed E-state index contributed by atoms with van der Waals surface area (Å²) in [5.41, 5.74) is 0.909. The number of hydrogen-bond donors (Lipinski definition) is 0. The van der Waals surface area contributed by atoms with Gasteiger partial charge in [-0.25, -0.2) is 9.59 Å². The fourth-order valence-electron chi connectivity index (χ4n) is 2.37. The topological polar surface area (TPSA) is 88.1 Å². The number of methoxy groups -OCH3 is 1. The van der Waals surface area contributed by atoms with Gasteiger partial charge in [0.2, 0.25) is 0 Å². The van der Waals surface area contributed by atoms with E-state index in [-0.39, 0.29) is 11.3 Å². The Morgan fingerprint density at radius 2 is 1.42 bits per heavy atom. The Balaban J connectivity index is 1.60. The van der Waals surface area contributed by atoms with Crippen LogP contribution in [0.4, 0.5) is 0 Å². The fourth-order valence-corrected chi connectivity index (χ4v) is 2.37. The normalized spacial score (nSPS) is 12.2. The van der Waals surface area contributed by atoms with Gasteiger partial charge in [0.1, 0.15) is 13.2 Å². The molecular formula is C19H16O7. The molecule has 7 nitrogen and oxygen atoms in total. The summed E-state index contributed by atoms with van der Waals surface area (Å²) in [7, 11) is 1.27. The molecule has 3 rings (SSSR count). The van der Waals surface area contributed by atoms with Crippen LogP contribution in [0.2, 0.25) is 0 Å². The van der Waals surface area contributed by atoms with Crippen molar-refractivity contribution in [3.8, 4) is 11.5 Å². The third kappa shape index (κ3) is 3.83. The molecule has 0 spiro atoms. The van der Waals surface area contributed by atoms with Crippen LogP contribution >= 0.6 is 0 Å². The van der Waals surface area contributed by atoms with Gasteiger partial charge in [-0.1, -0.05) is 0 Å². The van der Waals surface area contributed by atoms with Gasteiger partial charge >= 0.3 is 11.9 Å². The maximum absolute atomic E-state index is 12.2. The molecule has 0 fully saturated rings. The molecule has 0 unspecified atom stereocenters. The minimum absolute atomic E-state index is 0.229. The Labute approximate surface area is 149 Å². The van der Waals surface area contributed by atoms with Crippen molar-refractivity contribution in [1.82, 2.24) is 0 Å². The monoisotopic (exact) mass is 356 g/mol. The number of rotatable bonds is 5. The predicted molar refractivity (Wildman–Crippen MR) is 89.8 cm³/mol. The van der Waals surface area contributed by atoms with Crippen LogP contribution in [0.1, 0.15) is 31.1 Å². The van der Waals surface area contributed by atoms with E-state index in [9.17, 15) is 14.4 Å². The van der Waals surface area contributed by atoms with Crippen molar-refractivity contribution in [2.45, 2.75) is 0 Å². The average Bonchev–Trinajstić information content (AvgIpc) is 2.70. The van der Waals surface area contributed by atoms with Crippen molar-refractivity contribution in [3.05, 3.63) is 59.2 Å². The number of carbonyl (C=O) groups is 3. The molecule has 0 amide bonds. The minimum atomic E-state index is -0.660. The zero-order valence-corrected chi connectivity index (χ0v) is 14.0. The number of fused-ring (bicyclic) bond motifs is 1. The van der Waals surface area contributed by atoms with Gasteiger partial charge in [0.05, 0.1) is 18.2 Å². The van der Waals surface area contributed by atoms with E-state index >= 15 is 0 Å². The molecule has 0 saturated carbocycles. The second-order valence-corrected chi connectivity index (χ2v) is 5.43. The van der Waals surface area contributed by atoms with Gasteiger partial charge in [0, 0.05) is 5.56 Å². The summed E-state index contributed by atoms with van der Waals surface area (Å²) >= 11 is 0. The third-order valence-corrected chi connectivity index (χ3v) is 3.74. The summed E-state index contributed by atoms with van der Waals surface area (Å²) in [6.07, 6.45) is 0. The molecule has 0 radical (unpaired) electrons. The Kier molecular flexibility index (Phi) is 5.17. The summed E-state index contributed by atoms with van der Waals surface area (Å²) in [6, 6.07) is 10.6. The summed E-state index contributed by atoms with van der Waals surface area (Å²) < 4.78 is 20.4. The van der Waals surface area contributed by atoms with E-state index in [0.717, 1.165) is 0 Å². The molecule has 1 aliphatic rings. The van der Waals surface area contributed by atoms with E-state index in [4.69, 9.17) is 14.2 Å². The smallest absolute Gasteiger partial charge is 0.338 e. The van der Waals surface area contributed by atoms with Crippen molar-refractivity contribution in [3.63, 3.8) is 0 Å². The molecule has 26 heavy (non-hydrogen) atoms. The molecule has 0 aromatic heterocycles. The van der Waals surface area contributed by atoms with Crippen molar-refractivity contribution in [1.29, 1.82) is 0 Å². The lowest BCUT2D eigenvalue weighted by molar-refractivity contribution is 0.0474. The highest BCUT2D eigenvalue weighted by atomic mass is 16.6. The lowest BCUT2D eigenvalue weighted by Gasteiger charge is -2.18. The van der Waals surface area contributed by atoms with Crippen LogP contribution in [0.25, 0.3) is 0 Å². The lowest BCUT2D eigenvalue weighted by Crippen LogP contribution is -2.17. The quantitative estimate of drug-likeness (QED) is 0.600. The molecule has 1 heterocycles. The van der Waals surface area contributed by atoms with E-state index in [1.165, 1.54) is 31.4 Å². The first-order valence-corrected chi connectivity index (χ1v) is 7.87. The first-order chi connectivity index (χ1) is 12.6. The second kappa shape index (κ2) is 7.69. The minimum Gasteiger partial charge on any atom is -0.486 e. The highest BCUT2D eigenvalue weighted by Gasteiger charge is 2.17. The van der Waals surface area contributed by atoms with E-state index in [2.05, 4.69) is 4.74 Å². The molecule has 0 bridgehead atoms. The van der Waals surface area contributed by atoms with E-state index in [1.54, 1.807) is 18.2 Å². The SMILES string of the molecule is COC(=O)c1ccc(C(=O)OCC(=O)c2ccc3c(c2)OCCO3)cc1. The molecule has 0 saturated heterocycles.